The van der Waals surface area contributed by atoms with Crippen molar-refractivity contribution in [3.05, 3.63) is 182 Å². The van der Waals surface area contributed by atoms with E-state index in [1.807, 2.05) is 0 Å². The molecule has 428 valence electrons. The highest BCUT2D eigenvalue weighted by Gasteiger charge is 2.19. The summed E-state index contributed by atoms with van der Waals surface area (Å²) in [5, 5.41) is 0. The Morgan fingerprint density at radius 1 is 0.273 bits per heavy atom. The van der Waals surface area contributed by atoms with Gasteiger partial charge >= 0.3 is 17.9 Å². The van der Waals surface area contributed by atoms with E-state index in [0.717, 1.165) is 180 Å². The topological polar surface area (TPSA) is 78.9 Å². The van der Waals surface area contributed by atoms with Gasteiger partial charge in [-0.3, -0.25) is 14.4 Å². The average Bonchev–Trinajstić information content (AvgIpc) is 3.43. The first-order valence-corrected chi connectivity index (χ1v) is 30.3. The maximum atomic E-state index is 12.8. The van der Waals surface area contributed by atoms with Crippen molar-refractivity contribution in [2.24, 2.45) is 0 Å². The lowest BCUT2D eigenvalue weighted by atomic mass is 10.1. The second-order valence-electron chi connectivity index (χ2n) is 19.1. The van der Waals surface area contributed by atoms with Gasteiger partial charge in [0.1, 0.15) is 13.2 Å². The van der Waals surface area contributed by atoms with Gasteiger partial charge in [0.15, 0.2) is 6.10 Å². The van der Waals surface area contributed by atoms with Gasteiger partial charge in [0, 0.05) is 19.3 Å². The number of rotatable bonds is 52. The highest BCUT2D eigenvalue weighted by Crippen LogP contribution is 2.12. The molecule has 0 aromatic rings. The Balaban J connectivity index is 4.23. The molecule has 0 radical (unpaired) electrons. The van der Waals surface area contributed by atoms with Crippen LogP contribution in [-0.2, 0) is 28.6 Å². The predicted octanol–water partition coefficient (Wildman–Crippen LogP) is 20.9. The van der Waals surface area contributed by atoms with Crippen LogP contribution in [0.1, 0.15) is 226 Å². The van der Waals surface area contributed by atoms with Gasteiger partial charge in [-0.1, -0.05) is 248 Å². The van der Waals surface area contributed by atoms with Crippen LogP contribution in [0.15, 0.2) is 182 Å². The van der Waals surface area contributed by atoms with Crippen LogP contribution in [0.25, 0.3) is 0 Å². The van der Waals surface area contributed by atoms with Crippen molar-refractivity contribution < 1.29 is 28.6 Å². The molecule has 0 aromatic carbocycles. The summed E-state index contributed by atoms with van der Waals surface area (Å²) < 4.78 is 16.7. The van der Waals surface area contributed by atoms with E-state index in [0.29, 0.717) is 19.3 Å². The number of ether oxygens (including phenoxy) is 3. The van der Waals surface area contributed by atoms with Crippen molar-refractivity contribution in [1.82, 2.24) is 0 Å². The van der Waals surface area contributed by atoms with Gasteiger partial charge in [0.2, 0.25) is 0 Å². The second-order valence-corrected chi connectivity index (χ2v) is 19.1. The molecule has 0 bridgehead atoms. The van der Waals surface area contributed by atoms with Crippen LogP contribution < -0.4 is 0 Å². The van der Waals surface area contributed by atoms with Crippen molar-refractivity contribution in [1.29, 1.82) is 0 Å². The van der Waals surface area contributed by atoms with Gasteiger partial charge < -0.3 is 14.2 Å². The molecule has 0 aliphatic heterocycles. The molecule has 0 saturated heterocycles. The van der Waals surface area contributed by atoms with E-state index in [-0.39, 0.29) is 37.5 Å². The highest BCUT2D eigenvalue weighted by molar-refractivity contribution is 5.71. The third-order valence-electron chi connectivity index (χ3n) is 11.9. The minimum absolute atomic E-state index is 0.111. The fraction of sp³-hybridized carbons (Fsp3) is 0.535. The SMILES string of the molecule is CC/C=C\C/C=C\C/C=C\C/C=C\C/C=C\C/C=C\C/C=C\C/C=C\C/C=C\CCCCCCCC(=O)OCC(COC(=O)CCCCCCC)OC(=O)CCCC/C=C\C/C=C\C/C=C\C/C=C\C/C=C\C/C=C\CC. The summed E-state index contributed by atoms with van der Waals surface area (Å²) in [6.07, 6.45) is 95.1. The van der Waals surface area contributed by atoms with E-state index in [4.69, 9.17) is 14.2 Å². The molecule has 0 aliphatic carbocycles. The van der Waals surface area contributed by atoms with Gasteiger partial charge in [0.25, 0.3) is 0 Å². The van der Waals surface area contributed by atoms with Gasteiger partial charge in [0.05, 0.1) is 0 Å². The first-order chi connectivity index (χ1) is 38.0. The quantitative estimate of drug-likeness (QED) is 0.0261. The monoisotopic (exact) mass is 1060 g/mol. The Morgan fingerprint density at radius 3 is 0.818 bits per heavy atom. The van der Waals surface area contributed by atoms with Crippen molar-refractivity contribution in [2.45, 2.75) is 232 Å². The summed E-state index contributed by atoms with van der Waals surface area (Å²) in [6.45, 7) is 6.25. The normalized spacial score (nSPS) is 13.4. The van der Waals surface area contributed by atoms with Gasteiger partial charge in [-0.25, -0.2) is 0 Å². The fourth-order valence-corrected chi connectivity index (χ4v) is 7.44. The second kappa shape index (κ2) is 63.0. The van der Waals surface area contributed by atoms with E-state index in [2.05, 4.69) is 203 Å². The van der Waals surface area contributed by atoms with E-state index < -0.39 is 6.10 Å². The van der Waals surface area contributed by atoms with Gasteiger partial charge in [-0.2, -0.15) is 0 Å². The molecule has 0 heterocycles. The summed E-state index contributed by atoms with van der Waals surface area (Å²) in [4.78, 5) is 37.8. The Labute approximate surface area is 472 Å². The number of allylic oxidation sites excluding steroid dienone is 30. The molecule has 0 amide bonds. The number of hydrogen-bond donors (Lipinski definition) is 0. The van der Waals surface area contributed by atoms with Crippen molar-refractivity contribution in [3.8, 4) is 0 Å². The third kappa shape index (κ3) is 61.2. The molecule has 0 N–H and O–H groups in total. The number of carbonyl (C=O) groups is 3. The van der Waals surface area contributed by atoms with Crippen LogP contribution in [0, 0.1) is 0 Å². The Morgan fingerprint density at radius 2 is 0.506 bits per heavy atom. The molecule has 0 fully saturated rings. The standard InChI is InChI=1S/C71H108O6/c1-4-7-10-13-15-17-19-21-23-25-27-29-30-31-32-33-34-35-36-37-38-39-40-42-43-45-47-49-51-53-55-58-61-64-70(73)76-67-68(66-75-69(72)63-60-57-12-9-6-3)77-71(74)65-62-59-56-54-52-50-48-46-44-41-28-26-24-22-20-18-16-14-11-8-5-2/h7-8,10-11,15-18,21-24,27-29,31-32,34-35,37-38,40-42,45-48,52,54,68H,4-6,9,12-14,19-20,25-26,30,33,36,39,43-44,49-51,53,55-67H2,1-3H3/b10-7-,11-8-,17-15-,18-16-,23-21-,24-22-,29-27-,32-31-,35-34-,38-37-,41-28-,42-40-,47-45-,48-46-,54-52-. The van der Waals surface area contributed by atoms with Crippen LogP contribution in [0.4, 0.5) is 0 Å². The van der Waals surface area contributed by atoms with E-state index in [1.54, 1.807) is 0 Å². The van der Waals surface area contributed by atoms with E-state index in [9.17, 15) is 14.4 Å². The molecule has 1 atom stereocenters. The first-order valence-electron chi connectivity index (χ1n) is 30.3. The van der Waals surface area contributed by atoms with Gasteiger partial charge in [-0.05, 0) is 141 Å². The number of esters is 3. The maximum Gasteiger partial charge on any atom is 0.306 e. The summed E-state index contributed by atoms with van der Waals surface area (Å²) in [5.41, 5.74) is 0. The summed E-state index contributed by atoms with van der Waals surface area (Å²) in [6, 6.07) is 0. The molecule has 0 rings (SSSR count). The molecular formula is C71H108O6. The minimum atomic E-state index is -0.816. The lowest BCUT2D eigenvalue weighted by molar-refractivity contribution is -0.167. The summed E-state index contributed by atoms with van der Waals surface area (Å²) >= 11 is 0. The van der Waals surface area contributed by atoms with Crippen LogP contribution in [-0.4, -0.2) is 37.2 Å². The summed E-state index contributed by atoms with van der Waals surface area (Å²) in [5.74, 6) is -1.00. The first kappa shape index (κ1) is 71.5. The van der Waals surface area contributed by atoms with E-state index in [1.165, 1.54) is 0 Å². The predicted molar refractivity (Wildman–Crippen MR) is 334 cm³/mol. The zero-order chi connectivity index (χ0) is 55.7. The Hall–Kier alpha value is -5.49. The van der Waals surface area contributed by atoms with Crippen LogP contribution >= 0.6 is 0 Å². The van der Waals surface area contributed by atoms with Crippen LogP contribution in [0.2, 0.25) is 0 Å². The lowest BCUT2D eigenvalue weighted by Crippen LogP contribution is -2.30. The number of unbranched alkanes of at least 4 members (excludes halogenated alkanes) is 11. The molecular weight excluding hydrogens is 949 g/mol. The average molecular weight is 1060 g/mol. The third-order valence-corrected chi connectivity index (χ3v) is 11.9. The van der Waals surface area contributed by atoms with Crippen molar-refractivity contribution in [2.75, 3.05) is 13.2 Å². The van der Waals surface area contributed by atoms with Crippen molar-refractivity contribution in [3.63, 3.8) is 0 Å². The smallest absolute Gasteiger partial charge is 0.306 e. The van der Waals surface area contributed by atoms with Crippen LogP contribution in [0.5, 0.6) is 0 Å². The Kier molecular flexibility index (Phi) is 58.6. The number of hydrogen-bond acceptors (Lipinski definition) is 6. The zero-order valence-corrected chi connectivity index (χ0v) is 48.9. The molecule has 0 aliphatic rings. The zero-order valence-electron chi connectivity index (χ0n) is 48.9. The molecule has 77 heavy (non-hydrogen) atoms. The lowest BCUT2D eigenvalue weighted by Gasteiger charge is -2.18. The largest absolute Gasteiger partial charge is 0.462 e. The maximum absolute atomic E-state index is 12.8. The van der Waals surface area contributed by atoms with E-state index >= 15 is 0 Å². The Bertz CT molecular complexity index is 1840. The molecule has 6 nitrogen and oxygen atoms in total. The molecule has 1 unspecified atom stereocenters. The van der Waals surface area contributed by atoms with Crippen LogP contribution in [0.3, 0.4) is 0 Å². The molecule has 0 saturated carbocycles. The molecule has 0 aromatic heterocycles. The number of carbonyl (C=O) groups excluding carboxylic acids is 3. The highest BCUT2D eigenvalue weighted by atomic mass is 16.6. The molecule has 6 heteroatoms. The minimum Gasteiger partial charge on any atom is -0.462 e. The molecule has 0 spiro atoms. The fourth-order valence-electron chi connectivity index (χ4n) is 7.44. The summed E-state index contributed by atoms with van der Waals surface area (Å²) in [7, 11) is 0. The van der Waals surface area contributed by atoms with Gasteiger partial charge in [-0.15, -0.1) is 0 Å². The van der Waals surface area contributed by atoms with Crippen molar-refractivity contribution >= 4 is 17.9 Å².